The first-order valence-corrected chi connectivity index (χ1v) is 6.92. The molecular weight excluding hydrogens is 303 g/mol. The lowest BCUT2D eigenvalue weighted by atomic mass is 10.0. The highest BCUT2D eigenvalue weighted by Crippen LogP contribution is 2.22. The lowest BCUT2D eigenvalue weighted by Gasteiger charge is -2.05. The van der Waals surface area contributed by atoms with Gasteiger partial charge < -0.3 is 0 Å². The molecule has 0 aliphatic carbocycles. The molecule has 1 nitrogen and oxygen atoms in total. The van der Waals surface area contributed by atoms with Gasteiger partial charge in [0.2, 0.25) is 0 Å². The summed E-state index contributed by atoms with van der Waals surface area (Å²) in [4.78, 5) is 12.1. The number of halogens is 3. The molecule has 0 saturated heterocycles. The van der Waals surface area contributed by atoms with Crippen molar-refractivity contribution in [1.82, 2.24) is 0 Å². The maximum atomic E-state index is 12.1. The summed E-state index contributed by atoms with van der Waals surface area (Å²) >= 11 is 17.8. The van der Waals surface area contributed by atoms with E-state index in [1.807, 2.05) is 24.3 Å². The fourth-order valence-electron chi connectivity index (χ4n) is 1.81. The van der Waals surface area contributed by atoms with E-state index < -0.39 is 0 Å². The molecule has 0 saturated carbocycles. The Labute approximate surface area is 127 Å². The molecule has 2 rings (SSSR count). The molecule has 0 spiro atoms. The number of rotatable bonds is 4. The average molecular weight is 314 g/mol. The summed E-state index contributed by atoms with van der Waals surface area (Å²) in [5.74, 6) is 0.00400. The first-order chi connectivity index (χ1) is 9.06. The van der Waals surface area contributed by atoms with E-state index in [1.165, 1.54) is 0 Å². The predicted octanol–water partition coefficient (Wildman–Crippen LogP) is 5.46. The third-order valence-electron chi connectivity index (χ3n) is 2.76. The summed E-state index contributed by atoms with van der Waals surface area (Å²) in [5.41, 5.74) is 1.50. The monoisotopic (exact) mass is 312 g/mol. The van der Waals surface area contributed by atoms with Crippen LogP contribution in [0.25, 0.3) is 0 Å². The van der Waals surface area contributed by atoms with Gasteiger partial charge in [-0.25, -0.2) is 0 Å². The molecule has 0 radical (unpaired) electrons. The molecule has 2 aromatic carbocycles. The van der Waals surface area contributed by atoms with Crippen LogP contribution in [0, 0.1) is 0 Å². The number of benzene rings is 2. The van der Waals surface area contributed by atoms with Crippen LogP contribution in [0.1, 0.15) is 22.3 Å². The third kappa shape index (κ3) is 3.97. The number of ketones is 1. The second-order valence-electron chi connectivity index (χ2n) is 4.17. The van der Waals surface area contributed by atoms with Gasteiger partial charge in [0.05, 0.1) is 0 Å². The number of aryl methyl sites for hydroxylation is 1. The van der Waals surface area contributed by atoms with Gasteiger partial charge in [0.25, 0.3) is 0 Å². The fourth-order valence-corrected chi connectivity index (χ4v) is 2.56. The summed E-state index contributed by atoms with van der Waals surface area (Å²) in [7, 11) is 0. The van der Waals surface area contributed by atoms with Crippen molar-refractivity contribution in [3.8, 4) is 0 Å². The fraction of sp³-hybridized carbons (Fsp3) is 0.133. The quantitative estimate of drug-likeness (QED) is 0.685. The summed E-state index contributed by atoms with van der Waals surface area (Å²) in [6.45, 7) is 0. The molecule has 0 aliphatic heterocycles. The lowest BCUT2D eigenvalue weighted by molar-refractivity contribution is 0.0983. The molecule has 0 aliphatic rings. The second-order valence-corrected chi connectivity index (χ2v) is 5.45. The molecule has 0 aromatic heterocycles. The van der Waals surface area contributed by atoms with Crippen LogP contribution < -0.4 is 0 Å². The molecule has 4 heteroatoms. The zero-order valence-electron chi connectivity index (χ0n) is 10.00. The Balaban J connectivity index is 2.08. The van der Waals surface area contributed by atoms with E-state index in [4.69, 9.17) is 34.8 Å². The van der Waals surface area contributed by atoms with Gasteiger partial charge in [-0.1, -0.05) is 53.0 Å². The lowest BCUT2D eigenvalue weighted by Crippen LogP contribution is -2.01. The van der Waals surface area contributed by atoms with E-state index in [0.717, 1.165) is 5.56 Å². The van der Waals surface area contributed by atoms with E-state index in [2.05, 4.69) is 0 Å². The maximum absolute atomic E-state index is 12.1. The maximum Gasteiger partial charge on any atom is 0.163 e. The van der Waals surface area contributed by atoms with Crippen molar-refractivity contribution < 1.29 is 4.79 Å². The van der Waals surface area contributed by atoms with E-state index in [0.29, 0.717) is 33.5 Å². The Bertz CT molecular complexity index is 588. The number of carbonyl (C=O) groups is 1. The van der Waals surface area contributed by atoms with Crippen molar-refractivity contribution in [2.75, 3.05) is 0 Å². The minimum Gasteiger partial charge on any atom is -0.294 e. The Hall–Kier alpha value is -1.02. The van der Waals surface area contributed by atoms with Crippen LogP contribution in [0.3, 0.4) is 0 Å². The average Bonchev–Trinajstić information content (AvgIpc) is 2.36. The first kappa shape index (κ1) is 14.4. The van der Waals surface area contributed by atoms with Crippen LogP contribution in [0.5, 0.6) is 0 Å². The minimum absolute atomic E-state index is 0.00400. The van der Waals surface area contributed by atoms with Crippen molar-refractivity contribution in [3.63, 3.8) is 0 Å². The molecule has 98 valence electrons. The minimum atomic E-state index is 0.00400. The van der Waals surface area contributed by atoms with Gasteiger partial charge >= 0.3 is 0 Å². The van der Waals surface area contributed by atoms with E-state index in [1.54, 1.807) is 18.2 Å². The topological polar surface area (TPSA) is 17.1 Å². The first-order valence-electron chi connectivity index (χ1n) is 5.79. The van der Waals surface area contributed by atoms with E-state index >= 15 is 0 Å². The Morgan fingerprint density at radius 1 is 0.947 bits per heavy atom. The molecule has 19 heavy (non-hydrogen) atoms. The van der Waals surface area contributed by atoms with Crippen molar-refractivity contribution in [2.45, 2.75) is 12.8 Å². The van der Waals surface area contributed by atoms with Crippen molar-refractivity contribution in [2.24, 2.45) is 0 Å². The predicted molar refractivity (Wildman–Crippen MR) is 80.6 cm³/mol. The summed E-state index contributed by atoms with van der Waals surface area (Å²) in [5, 5.41) is 1.61. The van der Waals surface area contributed by atoms with Gasteiger partial charge in [-0.05, 0) is 36.2 Å². The van der Waals surface area contributed by atoms with E-state index in [-0.39, 0.29) is 5.78 Å². The zero-order valence-corrected chi connectivity index (χ0v) is 12.3. The molecule has 0 unspecified atom stereocenters. The largest absolute Gasteiger partial charge is 0.294 e. The van der Waals surface area contributed by atoms with Crippen molar-refractivity contribution in [3.05, 3.63) is 68.7 Å². The Kier molecular flexibility index (Phi) is 4.87. The number of Topliss-reactive ketones (excluding diaryl/α,β-unsaturated/α-hetero) is 1. The summed E-state index contributed by atoms with van der Waals surface area (Å²) < 4.78 is 0. The number of hydrogen-bond acceptors (Lipinski definition) is 1. The Morgan fingerprint density at radius 3 is 2.21 bits per heavy atom. The molecular formula is C15H11Cl3O. The molecule has 0 N–H and O–H groups in total. The van der Waals surface area contributed by atoms with Gasteiger partial charge in [0.1, 0.15) is 0 Å². The highest BCUT2D eigenvalue weighted by atomic mass is 35.5. The summed E-state index contributed by atoms with van der Waals surface area (Å²) in [6.07, 6.45) is 0.975. The van der Waals surface area contributed by atoms with Gasteiger partial charge in [0, 0.05) is 27.1 Å². The Morgan fingerprint density at radius 2 is 1.58 bits per heavy atom. The summed E-state index contributed by atoms with van der Waals surface area (Å²) in [6, 6.07) is 12.4. The molecule has 0 bridgehead atoms. The van der Waals surface area contributed by atoms with Crippen LogP contribution >= 0.6 is 34.8 Å². The van der Waals surface area contributed by atoms with Gasteiger partial charge in [-0.2, -0.15) is 0 Å². The van der Waals surface area contributed by atoms with Crippen LogP contribution in [-0.4, -0.2) is 5.78 Å². The molecule has 0 atom stereocenters. The highest BCUT2D eigenvalue weighted by Gasteiger charge is 2.09. The molecule has 0 amide bonds. The van der Waals surface area contributed by atoms with Crippen molar-refractivity contribution in [1.29, 1.82) is 0 Å². The third-order valence-corrected chi connectivity index (χ3v) is 3.57. The SMILES string of the molecule is O=C(CCc1ccccc1Cl)c1cc(Cl)cc(Cl)c1. The van der Waals surface area contributed by atoms with Crippen molar-refractivity contribution >= 4 is 40.6 Å². The van der Waals surface area contributed by atoms with Crippen LogP contribution in [0.2, 0.25) is 15.1 Å². The van der Waals surface area contributed by atoms with Crippen LogP contribution in [0.4, 0.5) is 0 Å². The highest BCUT2D eigenvalue weighted by molar-refractivity contribution is 6.35. The normalized spacial score (nSPS) is 10.5. The number of carbonyl (C=O) groups excluding carboxylic acids is 1. The number of hydrogen-bond donors (Lipinski definition) is 0. The molecule has 0 heterocycles. The zero-order chi connectivity index (χ0) is 13.8. The van der Waals surface area contributed by atoms with Gasteiger partial charge in [-0.3, -0.25) is 4.79 Å². The molecule has 0 fully saturated rings. The van der Waals surface area contributed by atoms with Crippen LogP contribution in [-0.2, 0) is 6.42 Å². The smallest absolute Gasteiger partial charge is 0.163 e. The standard InChI is InChI=1S/C15H11Cl3O/c16-12-7-11(8-13(17)9-12)15(19)6-5-10-3-1-2-4-14(10)18/h1-4,7-9H,5-6H2. The second kappa shape index (κ2) is 6.42. The molecule has 2 aromatic rings. The van der Waals surface area contributed by atoms with E-state index in [9.17, 15) is 4.79 Å². The van der Waals surface area contributed by atoms with Crippen LogP contribution in [0.15, 0.2) is 42.5 Å². The van der Waals surface area contributed by atoms with Gasteiger partial charge in [-0.15, -0.1) is 0 Å². The van der Waals surface area contributed by atoms with Gasteiger partial charge in [0.15, 0.2) is 5.78 Å².